The predicted octanol–water partition coefficient (Wildman–Crippen LogP) is 14.4. The van der Waals surface area contributed by atoms with Gasteiger partial charge in [0.25, 0.3) is 0 Å². The Morgan fingerprint density at radius 1 is 0.306 bits per heavy atom. The molecule has 0 saturated carbocycles. The minimum atomic E-state index is 0.855. The second kappa shape index (κ2) is 12.5. The highest BCUT2D eigenvalue weighted by Crippen LogP contribution is 2.52. The summed E-state index contributed by atoms with van der Waals surface area (Å²) in [7, 11) is 0. The van der Waals surface area contributed by atoms with E-state index < -0.39 is 0 Å². The first-order chi connectivity index (χ1) is 30.8. The van der Waals surface area contributed by atoms with Crippen LogP contribution in [0.5, 0.6) is 0 Å². The predicted molar refractivity (Wildman–Crippen MR) is 256 cm³/mol. The first-order valence-corrected chi connectivity index (χ1v) is 21.1. The topological polar surface area (TPSA) is 43.8 Å². The number of aromatic nitrogens is 5. The van der Waals surface area contributed by atoms with Crippen molar-refractivity contribution in [3.63, 3.8) is 0 Å². The van der Waals surface area contributed by atoms with Crippen molar-refractivity contribution < 1.29 is 0 Å². The van der Waals surface area contributed by atoms with Gasteiger partial charge in [0.1, 0.15) is 11.6 Å². The minimum Gasteiger partial charge on any atom is -0.308 e. The van der Waals surface area contributed by atoms with Crippen LogP contribution in [0.25, 0.3) is 105 Å². The highest BCUT2D eigenvalue weighted by atomic mass is 15.2. The Balaban J connectivity index is 0.972. The average molecular weight is 791 g/mol. The Bertz CT molecular complexity index is 3870. The molecule has 0 spiro atoms. The summed E-state index contributed by atoms with van der Waals surface area (Å²) in [6, 6.07) is 69.9. The van der Waals surface area contributed by atoms with Crippen molar-refractivity contribution >= 4 is 93.4 Å². The van der Waals surface area contributed by atoms with Crippen LogP contribution in [-0.2, 0) is 0 Å². The van der Waals surface area contributed by atoms with E-state index in [-0.39, 0.29) is 0 Å². The maximum Gasteiger partial charge on any atom is 0.137 e. The number of rotatable bonds is 4. The second-order valence-electron chi connectivity index (χ2n) is 16.2. The first-order valence-electron chi connectivity index (χ1n) is 21.1. The third-order valence-electron chi connectivity index (χ3n) is 13.0. The number of hydrogen-bond acceptors (Lipinski definition) is 3. The van der Waals surface area contributed by atoms with Crippen LogP contribution in [0, 0.1) is 0 Å². The maximum atomic E-state index is 5.30. The Kier molecular flexibility index (Phi) is 6.74. The number of hydrogen-bond donors (Lipinski definition) is 0. The largest absolute Gasteiger partial charge is 0.308 e. The van der Waals surface area contributed by atoms with Gasteiger partial charge in [0.2, 0.25) is 0 Å². The molecule has 13 aromatic rings. The lowest BCUT2D eigenvalue weighted by atomic mass is 9.90. The molecule has 5 aromatic heterocycles. The standard InChI is InChI=1S/C56H34N6/c1-6-21-46-38(15-1)39-16-2-7-22-47(39)59(46)36-27-29-54(57-33-36)61-50-25-10-5-19-42(50)44-31-45-43-20-11-13-35-14-12-26-51(56(35)43)62(53(45)32-52(44)61)55-30-28-37(34-58-55)60-48-23-8-3-17-40(48)41-18-4-9-24-49(41)60/h1-34H. The van der Waals surface area contributed by atoms with Crippen LogP contribution in [0.3, 0.4) is 0 Å². The Morgan fingerprint density at radius 2 is 0.774 bits per heavy atom. The molecular formula is C56H34N6. The molecule has 1 aliphatic heterocycles. The van der Waals surface area contributed by atoms with Crippen LogP contribution in [0.1, 0.15) is 0 Å². The number of nitrogens with zero attached hydrogens (tertiary/aromatic N) is 6. The van der Waals surface area contributed by atoms with E-state index in [1.807, 2.05) is 12.4 Å². The average Bonchev–Trinajstić information content (AvgIpc) is 3.97. The zero-order valence-corrected chi connectivity index (χ0v) is 33.3. The minimum absolute atomic E-state index is 0.855. The number of para-hydroxylation sites is 5. The molecule has 6 heteroatoms. The molecule has 1 aliphatic rings. The fraction of sp³-hybridized carbons (Fsp3) is 0. The highest BCUT2D eigenvalue weighted by molar-refractivity contribution is 6.19. The molecule has 0 saturated heterocycles. The summed E-state index contributed by atoms with van der Waals surface area (Å²) in [5, 5.41) is 9.72. The maximum absolute atomic E-state index is 5.30. The van der Waals surface area contributed by atoms with Gasteiger partial charge in [-0.3, -0.25) is 9.47 Å². The lowest BCUT2D eigenvalue weighted by Gasteiger charge is -2.33. The van der Waals surface area contributed by atoms with Gasteiger partial charge < -0.3 is 9.13 Å². The highest BCUT2D eigenvalue weighted by Gasteiger charge is 2.29. The molecule has 0 N–H and O–H groups in total. The van der Waals surface area contributed by atoms with Crippen molar-refractivity contribution in [2.75, 3.05) is 4.90 Å². The molecule has 6 nitrogen and oxygen atoms in total. The van der Waals surface area contributed by atoms with Crippen molar-refractivity contribution in [3.05, 3.63) is 207 Å². The summed E-state index contributed by atoms with van der Waals surface area (Å²) < 4.78 is 6.96. The summed E-state index contributed by atoms with van der Waals surface area (Å²) in [6.45, 7) is 0. The second-order valence-corrected chi connectivity index (χ2v) is 16.2. The molecule has 14 rings (SSSR count). The lowest BCUT2D eigenvalue weighted by Crippen LogP contribution is -2.16. The summed E-state index contributed by atoms with van der Waals surface area (Å²) in [5.41, 5.74) is 13.5. The van der Waals surface area contributed by atoms with Crippen LogP contribution in [0.4, 0.5) is 17.2 Å². The molecule has 0 bridgehead atoms. The number of benzene rings is 8. The van der Waals surface area contributed by atoms with E-state index >= 15 is 0 Å². The van der Waals surface area contributed by atoms with Crippen molar-refractivity contribution in [1.82, 2.24) is 23.7 Å². The van der Waals surface area contributed by atoms with Gasteiger partial charge in [-0.05, 0) is 83.7 Å². The first kappa shape index (κ1) is 33.4. The summed E-state index contributed by atoms with van der Waals surface area (Å²) in [6.07, 6.45) is 4.03. The van der Waals surface area contributed by atoms with Crippen LogP contribution in [0.2, 0.25) is 0 Å². The molecule has 0 radical (unpaired) electrons. The SMILES string of the molecule is c1cc2c3c(cccc3c1)N(c1ccc(-n3c4ccccc4c4ccccc43)cn1)c1cc3c(cc1-2)c1ccccc1n3-c1ccc(-n2c3ccccc3c3ccccc32)cn1. The van der Waals surface area contributed by atoms with Crippen molar-refractivity contribution in [3.8, 4) is 28.3 Å². The fourth-order valence-corrected chi connectivity index (χ4v) is 10.4. The number of pyridine rings is 2. The van der Waals surface area contributed by atoms with Crippen LogP contribution < -0.4 is 4.90 Å². The van der Waals surface area contributed by atoms with Gasteiger partial charge in [-0.1, -0.05) is 121 Å². The van der Waals surface area contributed by atoms with E-state index in [0.717, 1.165) is 56.5 Å². The van der Waals surface area contributed by atoms with Gasteiger partial charge in [0, 0.05) is 43.3 Å². The lowest BCUT2D eigenvalue weighted by molar-refractivity contribution is 1.05. The van der Waals surface area contributed by atoms with Gasteiger partial charge in [-0.15, -0.1) is 0 Å². The molecule has 62 heavy (non-hydrogen) atoms. The fourth-order valence-electron chi connectivity index (χ4n) is 10.4. The van der Waals surface area contributed by atoms with E-state index in [1.165, 1.54) is 65.3 Å². The number of fused-ring (bicyclic) bond motifs is 11. The van der Waals surface area contributed by atoms with Crippen LogP contribution >= 0.6 is 0 Å². The van der Waals surface area contributed by atoms with Gasteiger partial charge >= 0.3 is 0 Å². The van der Waals surface area contributed by atoms with Gasteiger partial charge in [0.05, 0.1) is 68.2 Å². The number of anilines is 3. The Morgan fingerprint density at radius 3 is 1.29 bits per heavy atom. The molecule has 0 atom stereocenters. The quantitative estimate of drug-likeness (QED) is 0.178. The van der Waals surface area contributed by atoms with E-state index in [1.54, 1.807) is 0 Å². The van der Waals surface area contributed by atoms with E-state index in [9.17, 15) is 0 Å². The molecule has 0 unspecified atom stereocenters. The summed E-state index contributed by atoms with van der Waals surface area (Å²) in [4.78, 5) is 12.9. The van der Waals surface area contributed by atoms with Crippen molar-refractivity contribution in [1.29, 1.82) is 0 Å². The Hall–Kier alpha value is -8.48. The molecule has 288 valence electrons. The summed E-state index contributed by atoms with van der Waals surface area (Å²) in [5.74, 6) is 1.72. The van der Waals surface area contributed by atoms with E-state index in [0.29, 0.717) is 0 Å². The Labute approximate surface area is 355 Å². The molecule has 6 heterocycles. The third kappa shape index (κ3) is 4.52. The summed E-state index contributed by atoms with van der Waals surface area (Å²) >= 11 is 0. The van der Waals surface area contributed by atoms with Gasteiger partial charge in [0.15, 0.2) is 0 Å². The molecule has 0 amide bonds. The van der Waals surface area contributed by atoms with Crippen molar-refractivity contribution in [2.45, 2.75) is 0 Å². The van der Waals surface area contributed by atoms with E-state index in [2.05, 4.69) is 213 Å². The molecular weight excluding hydrogens is 757 g/mol. The zero-order valence-electron chi connectivity index (χ0n) is 33.3. The van der Waals surface area contributed by atoms with Gasteiger partial charge in [-0.2, -0.15) is 0 Å². The smallest absolute Gasteiger partial charge is 0.137 e. The third-order valence-corrected chi connectivity index (χ3v) is 13.0. The van der Waals surface area contributed by atoms with Gasteiger partial charge in [-0.25, -0.2) is 9.97 Å². The molecule has 0 aliphatic carbocycles. The van der Waals surface area contributed by atoms with E-state index in [4.69, 9.17) is 9.97 Å². The monoisotopic (exact) mass is 790 g/mol. The molecule has 0 fully saturated rings. The van der Waals surface area contributed by atoms with Crippen LogP contribution in [-0.4, -0.2) is 23.7 Å². The zero-order chi connectivity index (χ0) is 40.5. The van der Waals surface area contributed by atoms with Crippen LogP contribution in [0.15, 0.2) is 207 Å². The normalized spacial score (nSPS) is 12.5. The molecule has 8 aromatic carbocycles. The van der Waals surface area contributed by atoms with Crippen molar-refractivity contribution in [2.24, 2.45) is 0 Å².